The van der Waals surface area contributed by atoms with Crippen LogP contribution in [-0.4, -0.2) is 33.8 Å². The lowest BCUT2D eigenvalue weighted by Crippen LogP contribution is -2.25. The summed E-state index contributed by atoms with van der Waals surface area (Å²) in [6.07, 6.45) is 9.23. The van der Waals surface area contributed by atoms with E-state index in [9.17, 15) is 9.59 Å². The second-order valence-corrected chi connectivity index (χ2v) is 11.7. The van der Waals surface area contributed by atoms with Gasteiger partial charge in [-0.1, -0.05) is 27.7 Å². The molecule has 0 amide bonds. The van der Waals surface area contributed by atoms with Gasteiger partial charge in [0.2, 0.25) is 0 Å². The SMILES string of the molecule is CCc1c2[nH]c(c1C)/C=C1\N/C(=C3\c4[nH]c(c(C)c4C(=O)[C@@H]3C(=O)OC)/C=c3\[nH]/c(c(C)c3CC)=C\2)[C@@H](CC)[C@@H]1C. The van der Waals surface area contributed by atoms with Crippen LogP contribution < -0.4 is 16.0 Å². The zero-order valence-corrected chi connectivity index (χ0v) is 25.3. The highest BCUT2D eigenvalue weighted by Gasteiger charge is 2.48. The van der Waals surface area contributed by atoms with Gasteiger partial charge in [0, 0.05) is 62.1 Å². The predicted octanol–water partition coefficient (Wildman–Crippen LogP) is 4.70. The van der Waals surface area contributed by atoms with Gasteiger partial charge in [0.15, 0.2) is 5.78 Å². The van der Waals surface area contributed by atoms with E-state index in [2.05, 4.69) is 80.0 Å². The van der Waals surface area contributed by atoms with Gasteiger partial charge in [0.1, 0.15) is 5.92 Å². The van der Waals surface area contributed by atoms with E-state index in [1.54, 1.807) is 0 Å². The average molecular weight is 553 g/mol. The molecule has 1 fully saturated rings. The van der Waals surface area contributed by atoms with Crippen LogP contribution in [-0.2, 0) is 22.4 Å². The Hall–Kier alpha value is -4.00. The van der Waals surface area contributed by atoms with Gasteiger partial charge in [0.05, 0.1) is 12.8 Å². The summed E-state index contributed by atoms with van der Waals surface area (Å²) < 4.78 is 5.19. The maximum atomic E-state index is 13.9. The number of ketones is 1. The molecule has 1 aliphatic carbocycles. The van der Waals surface area contributed by atoms with Gasteiger partial charge < -0.3 is 25.0 Å². The van der Waals surface area contributed by atoms with E-state index in [1.165, 1.54) is 29.4 Å². The molecule has 41 heavy (non-hydrogen) atoms. The van der Waals surface area contributed by atoms with Crippen molar-refractivity contribution < 1.29 is 14.3 Å². The first-order valence-electron chi connectivity index (χ1n) is 14.8. The maximum Gasteiger partial charge on any atom is 0.321 e. The molecular weight excluding hydrogens is 512 g/mol. The van der Waals surface area contributed by atoms with Gasteiger partial charge in [-0.25, -0.2) is 0 Å². The van der Waals surface area contributed by atoms with E-state index in [-0.39, 0.29) is 17.6 Å². The van der Waals surface area contributed by atoms with E-state index in [4.69, 9.17) is 4.74 Å². The number of methoxy groups -OCH3 is 1. The molecule has 7 nitrogen and oxygen atoms in total. The zero-order valence-electron chi connectivity index (χ0n) is 25.3. The van der Waals surface area contributed by atoms with Crippen molar-refractivity contribution in [3.05, 3.63) is 78.2 Å². The lowest BCUT2D eigenvalue weighted by molar-refractivity contribution is -0.141. The summed E-state index contributed by atoms with van der Waals surface area (Å²) in [5, 5.41) is 5.82. The highest BCUT2D eigenvalue weighted by atomic mass is 16.5. The third-order valence-corrected chi connectivity index (χ3v) is 9.75. The third-order valence-electron chi connectivity index (χ3n) is 9.75. The normalized spacial score (nSPS) is 25.7. The zero-order chi connectivity index (χ0) is 29.3. The second kappa shape index (κ2) is 9.82. The summed E-state index contributed by atoms with van der Waals surface area (Å²) in [5.41, 5.74) is 13.0. The van der Waals surface area contributed by atoms with Crippen molar-refractivity contribution in [1.29, 1.82) is 0 Å². The van der Waals surface area contributed by atoms with E-state index in [1.807, 2.05) is 6.92 Å². The lowest BCUT2D eigenvalue weighted by atomic mass is 9.86. The highest BCUT2D eigenvalue weighted by Crippen LogP contribution is 2.47. The van der Waals surface area contributed by atoms with Crippen LogP contribution in [0.15, 0.2) is 11.4 Å². The molecule has 4 N–H and O–H groups in total. The van der Waals surface area contributed by atoms with Crippen LogP contribution in [0.2, 0.25) is 0 Å². The first-order chi connectivity index (χ1) is 19.6. The number of hydrogen-bond acceptors (Lipinski definition) is 4. The fraction of sp³-hybridized carbons (Fsp3) is 0.412. The highest BCUT2D eigenvalue weighted by molar-refractivity contribution is 6.24. The number of aromatic nitrogens is 3. The number of hydrogen-bond donors (Lipinski definition) is 4. The van der Waals surface area contributed by atoms with Crippen molar-refractivity contribution in [2.75, 3.05) is 7.11 Å². The monoisotopic (exact) mass is 552 g/mol. The Morgan fingerprint density at radius 1 is 0.854 bits per heavy atom. The number of H-pyrrole nitrogens is 3. The second-order valence-electron chi connectivity index (χ2n) is 11.7. The molecule has 3 aromatic heterocycles. The third kappa shape index (κ3) is 3.85. The van der Waals surface area contributed by atoms with Crippen LogP contribution in [0, 0.1) is 38.5 Å². The summed E-state index contributed by atoms with van der Waals surface area (Å²) in [4.78, 5) is 38.1. The van der Waals surface area contributed by atoms with E-state index in [0.29, 0.717) is 5.56 Å². The molecule has 3 aromatic rings. The van der Waals surface area contributed by atoms with E-state index < -0.39 is 11.9 Å². The molecule has 3 aliphatic rings. The molecule has 2 aliphatic heterocycles. The van der Waals surface area contributed by atoms with E-state index in [0.717, 1.165) is 75.3 Å². The number of fused-ring (bicyclic) bond motifs is 7. The molecule has 5 heterocycles. The molecule has 3 atom stereocenters. The summed E-state index contributed by atoms with van der Waals surface area (Å²) >= 11 is 0. The Morgan fingerprint density at radius 3 is 2.20 bits per heavy atom. The maximum absolute atomic E-state index is 13.9. The smallest absolute Gasteiger partial charge is 0.321 e. The van der Waals surface area contributed by atoms with Crippen LogP contribution >= 0.6 is 0 Å². The Morgan fingerprint density at radius 2 is 1.54 bits per heavy atom. The standard InChI is InChI=1S/C34H40N4O3/c1-9-19-15(4)22-12-24-17(6)21(11-3)31(37-24)29-30(34(40)41-8)33(39)28-18(7)25(38-32(28)29)14-27-20(10-2)16(5)23(36-27)13-26(19)35-22/h12-14,17,21,30,35-38H,9-11H2,1-8H3/b23-13-,24-12-,27-14-,31-29-/t17-,21-,30+/m0/s1. The number of aromatic amines is 3. The Bertz CT molecular complexity index is 1810. The molecule has 0 unspecified atom stereocenters. The number of allylic oxidation sites excluding steroid dienone is 2. The largest absolute Gasteiger partial charge is 0.468 e. The summed E-state index contributed by atoms with van der Waals surface area (Å²) in [6, 6.07) is 0. The Labute approximate surface area is 240 Å². The number of rotatable bonds is 4. The van der Waals surface area contributed by atoms with E-state index >= 15 is 0 Å². The van der Waals surface area contributed by atoms with Gasteiger partial charge in [0.25, 0.3) is 0 Å². The molecule has 8 bridgehead atoms. The van der Waals surface area contributed by atoms with Gasteiger partial charge in [-0.05, 0) is 86.1 Å². The first-order valence-corrected chi connectivity index (χ1v) is 14.8. The van der Waals surface area contributed by atoms with Crippen LogP contribution in [0.3, 0.4) is 0 Å². The minimum absolute atomic E-state index is 0.126. The van der Waals surface area contributed by atoms with Crippen molar-refractivity contribution in [2.24, 2.45) is 17.8 Å². The average Bonchev–Trinajstić information content (AvgIpc) is 3.69. The quantitative estimate of drug-likeness (QED) is 0.278. The van der Waals surface area contributed by atoms with Gasteiger partial charge in [-0.2, -0.15) is 0 Å². The first kappa shape index (κ1) is 27.2. The number of ether oxygens (including phenoxy) is 1. The van der Waals surface area contributed by atoms with Crippen molar-refractivity contribution in [3.8, 4) is 0 Å². The fourth-order valence-corrected chi connectivity index (χ4v) is 7.39. The summed E-state index contributed by atoms with van der Waals surface area (Å²) in [6.45, 7) is 15.1. The van der Waals surface area contributed by atoms with Crippen LogP contribution in [0.25, 0.3) is 23.8 Å². The van der Waals surface area contributed by atoms with Crippen molar-refractivity contribution in [2.45, 2.75) is 67.7 Å². The van der Waals surface area contributed by atoms with Crippen LogP contribution in [0.5, 0.6) is 0 Å². The molecule has 0 radical (unpaired) electrons. The summed E-state index contributed by atoms with van der Waals surface area (Å²) in [7, 11) is 1.36. The van der Waals surface area contributed by atoms with Crippen LogP contribution in [0.4, 0.5) is 0 Å². The van der Waals surface area contributed by atoms with Gasteiger partial charge >= 0.3 is 5.97 Å². The predicted molar refractivity (Wildman–Crippen MR) is 163 cm³/mol. The number of esters is 1. The molecule has 1 saturated heterocycles. The van der Waals surface area contributed by atoms with Crippen LogP contribution in [0.1, 0.15) is 95.1 Å². The Balaban J connectivity index is 1.75. The molecule has 214 valence electrons. The van der Waals surface area contributed by atoms with Gasteiger partial charge in [-0.3, -0.25) is 9.59 Å². The number of nitrogens with one attached hydrogen (secondary N) is 4. The van der Waals surface area contributed by atoms with Crippen molar-refractivity contribution in [1.82, 2.24) is 20.3 Å². The van der Waals surface area contributed by atoms with Gasteiger partial charge in [-0.15, -0.1) is 0 Å². The number of carbonyl (C=O) groups excluding carboxylic acids is 2. The molecule has 0 saturated carbocycles. The van der Waals surface area contributed by atoms with Crippen molar-refractivity contribution in [3.63, 3.8) is 0 Å². The summed E-state index contributed by atoms with van der Waals surface area (Å²) in [5.74, 6) is -1.40. The molecule has 7 heteroatoms. The molecule has 6 rings (SSSR count). The minimum atomic E-state index is -0.985. The molecule has 0 spiro atoms. The Kier molecular flexibility index (Phi) is 6.51. The van der Waals surface area contributed by atoms with Crippen molar-refractivity contribution >= 4 is 35.6 Å². The lowest BCUT2D eigenvalue weighted by Gasteiger charge is -2.18. The number of carbonyl (C=O) groups is 2. The topological polar surface area (TPSA) is 103 Å². The molecule has 0 aromatic carbocycles. The number of Topliss-reactive ketones (excluding diaryl/α,β-unsaturated/α-hetero) is 1. The molecular formula is C34H40N4O3. The fourth-order valence-electron chi connectivity index (χ4n) is 7.39. The minimum Gasteiger partial charge on any atom is -0.468 e.